The predicted molar refractivity (Wildman–Crippen MR) is 106 cm³/mol. The van der Waals surface area contributed by atoms with E-state index in [1.165, 1.54) is 11.1 Å². The van der Waals surface area contributed by atoms with Crippen molar-refractivity contribution in [3.05, 3.63) is 58.8 Å². The summed E-state index contributed by atoms with van der Waals surface area (Å²) in [4.78, 5) is 18.7. The Kier molecular flexibility index (Phi) is 5.57. The van der Waals surface area contributed by atoms with Gasteiger partial charge < -0.3 is 25.8 Å². The van der Waals surface area contributed by atoms with Gasteiger partial charge in [-0.15, -0.1) is 0 Å². The van der Waals surface area contributed by atoms with Crippen LogP contribution in [0.3, 0.4) is 0 Å². The first-order valence-corrected chi connectivity index (χ1v) is 9.72. The summed E-state index contributed by atoms with van der Waals surface area (Å²) in [6, 6.07) is 11.7. The van der Waals surface area contributed by atoms with Crippen molar-refractivity contribution in [1.82, 2.24) is 10.3 Å². The third-order valence-corrected chi connectivity index (χ3v) is 5.54. The maximum Gasteiger partial charge on any atom is 0.250 e. The molecule has 7 heteroatoms. The summed E-state index contributed by atoms with van der Waals surface area (Å²) in [5, 5.41) is 14.3. The second kappa shape index (κ2) is 8.26. The third kappa shape index (κ3) is 4.01. The van der Waals surface area contributed by atoms with Gasteiger partial charge in [0.25, 0.3) is 5.91 Å². The van der Waals surface area contributed by atoms with Crippen molar-refractivity contribution in [2.24, 2.45) is 5.73 Å². The molecule has 148 valence electrons. The van der Waals surface area contributed by atoms with Crippen LogP contribution in [0.4, 0.5) is 5.82 Å². The summed E-state index contributed by atoms with van der Waals surface area (Å²) in [6.07, 6.45) is 0.349. The van der Waals surface area contributed by atoms with Crippen molar-refractivity contribution in [3.8, 4) is 0 Å². The van der Waals surface area contributed by atoms with Gasteiger partial charge in [-0.25, -0.2) is 4.98 Å². The number of pyridine rings is 1. The lowest BCUT2D eigenvalue weighted by molar-refractivity contribution is 0.0994. The number of carbonyl (C=O) groups is 1. The number of hydrogen-bond acceptors (Lipinski definition) is 6. The Morgan fingerprint density at radius 3 is 2.75 bits per heavy atom. The molecular formula is C21H26N4O3. The lowest BCUT2D eigenvalue weighted by Crippen LogP contribution is -2.45. The molecule has 2 aliphatic rings. The van der Waals surface area contributed by atoms with Gasteiger partial charge in [0.05, 0.1) is 30.6 Å². The van der Waals surface area contributed by atoms with Crippen LogP contribution < -0.4 is 16.0 Å². The normalized spacial score (nSPS) is 20.5. The van der Waals surface area contributed by atoms with Crippen LogP contribution in [0, 0.1) is 0 Å². The van der Waals surface area contributed by atoms with Gasteiger partial charge in [-0.05, 0) is 29.7 Å². The minimum absolute atomic E-state index is 0.0931. The molecule has 0 spiro atoms. The topological polar surface area (TPSA) is 101 Å². The minimum Gasteiger partial charge on any atom is -0.391 e. The number of carbonyl (C=O) groups excluding carboxylic acids is 1. The first-order valence-electron chi connectivity index (χ1n) is 9.72. The van der Waals surface area contributed by atoms with Crippen molar-refractivity contribution in [3.63, 3.8) is 0 Å². The maximum absolute atomic E-state index is 11.9. The molecule has 0 aliphatic carbocycles. The number of benzene rings is 1. The van der Waals surface area contributed by atoms with E-state index in [0.29, 0.717) is 24.5 Å². The van der Waals surface area contributed by atoms with Gasteiger partial charge in [-0.2, -0.15) is 0 Å². The monoisotopic (exact) mass is 382 g/mol. The van der Waals surface area contributed by atoms with E-state index in [0.717, 1.165) is 31.9 Å². The molecule has 4 rings (SSSR count). The highest BCUT2D eigenvalue weighted by Gasteiger charge is 2.26. The van der Waals surface area contributed by atoms with Gasteiger partial charge in [0.15, 0.2) is 0 Å². The number of aliphatic hydroxyl groups excluding tert-OH is 1. The molecule has 1 amide bonds. The number of primary amides is 1. The van der Waals surface area contributed by atoms with Crippen LogP contribution in [-0.2, 0) is 24.1 Å². The van der Waals surface area contributed by atoms with Gasteiger partial charge in [0, 0.05) is 32.1 Å². The third-order valence-electron chi connectivity index (χ3n) is 5.54. The van der Waals surface area contributed by atoms with Gasteiger partial charge in [0.2, 0.25) is 0 Å². The van der Waals surface area contributed by atoms with E-state index in [2.05, 4.69) is 27.3 Å². The average molecular weight is 382 g/mol. The second-order valence-corrected chi connectivity index (χ2v) is 7.36. The Balaban J connectivity index is 1.53. The highest BCUT2D eigenvalue weighted by molar-refractivity contribution is 5.94. The quantitative estimate of drug-likeness (QED) is 0.702. The number of nitrogens with two attached hydrogens (primary N) is 1. The standard InChI is InChI=1S/C21H26N4O3/c22-21(27)16-5-6-20(25-7-9-28-10-8-25)24-17(16)12-19(26)18-11-14-3-1-2-4-15(14)13-23-18/h1-6,18-19,23,26H,7-13H2,(H2,22,27)/t18-,19+/m0/s1. The SMILES string of the molecule is NC(=O)c1ccc(N2CCOCC2)nc1C[C@@H](O)[C@@H]1Cc2ccccc2CN1. The number of morpholine rings is 1. The van der Waals surface area contributed by atoms with Crippen molar-refractivity contribution in [2.75, 3.05) is 31.2 Å². The van der Waals surface area contributed by atoms with Gasteiger partial charge in [-0.1, -0.05) is 24.3 Å². The van der Waals surface area contributed by atoms with Crippen molar-refractivity contribution in [1.29, 1.82) is 0 Å². The minimum atomic E-state index is -0.668. The number of nitrogens with zero attached hydrogens (tertiary/aromatic N) is 2. The molecule has 7 nitrogen and oxygen atoms in total. The maximum atomic E-state index is 11.9. The Morgan fingerprint density at radius 2 is 2.00 bits per heavy atom. The van der Waals surface area contributed by atoms with Crippen molar-refractivity contribution >= 4 is 11.7 Å². The first-order chi connectivity index (χ1) is 13.6. The van der Waals surface area contributed by atoms with Crippen LogP contribution in [-0.4, -0.2) is 54.4 Å². The molecule has 28 heavy (non-hydrogen) atoms. The van der Waals surface area contributed by atoms with E-state index in [1.807, 2.05) is 18.2 Å². The molecule has 1 aromatic heterocycles. The largest absolute Gasteiger partial charge is 0.391 e. The number of anilines is 1. The number of amides is 1. The van der Waals surface area contributed by atoms with Gasteiger partial charge in [-0.3, -0.25) is 4.79 Å². The van der Waals surface area contributed by atoms with Gasteiger partial charge >= 0.3 is 0 Å². The molecule has 0 bridgehead atoms. The molecule has 1 fully saturated rings. The van der Waals surface area contributed by atoms with Crippen LogP contribution in [0.5, 0.6) is 0 Å². The fourth-order valence-electron chi connectivity index (χ4n) is 3.93. The molecule has 0 radical (unpaired) electrons. The highest BCUT2D eigenvalue weighted by atomic mass is 16.5. The number of aromatic nitrogens is 1. The predicted octanol–water partition coefficient (Wildman–Crippen LogP) is 0.635. The number of fused-ring (bicyclic) bond motifs is 1. The summed E-state index contributed by atoms with van der Waals surface area (Å²) in [6.45, 7) is 3.55. The first kappa shape index (κ1) is 18.9. The zero-order chi connectivity index (χ0) is 19.5. The molecule has 1 aromatic carbocycles. The fraction of sp³-hybridized carbons (Fsp3) is 0.429. The Morgan fingerprint density at radius 1 is 1.25 bits per heavy atom. The second-order valence-electron chi connectivity index (χ2n) is 7.36. The smallest absolute Gasteiger partial charge is 0.250 e. The number of aliphatic hydroxyl groups is 1. The molecule has 4 N–H and O–H groups in total. The van der Waals surface area contributed by atoms with E-state index in [1.54, 1.807) is 6.07 Å². The Labute approximate surface area is 164 Å². The summed E-state index contributed by atoms with van der Waals surface area (Å²) < 4.78 is 5.39. The molecule has 3 heterocycles. The van der Waals surface area contributed by atoms with Crippen LogP contribution in [0.2, 0.25) is 0 Å². The zero-order valence-corrected chi connectivity index (χ0v) is 15.8. The Bertz CT molecular complexity index is 851. The summed E-state index contributed by atoms with van der Waals surface area (Å²) in [5.41, 5.74) is 8.97. The van der Waals surface area contributed by atoms with Crippen molar-refractivity contribution in [2.45, 2.75) is 31.5 Å². The van der Waals surface area contributed by atoms with Crippen LogP contribution in [0.15, 0.2) is 36.4 Å². The molecule has 2 aliphatic heterocycles. The molecular weight excluding hydrogens is 356 g/mol. The van der Waals surface area contributed by atoms with Crippen molar-refractivity contribution < 1.29 is 14.6 Å². The van der Waals surface area contributed by atoms with E-state index >= 15 is 0 Å². The number of ether oxygens (including phenoxy) is 1. The molecule has 2 aromatic rings. The van der Waals surface area contributed by atoms with E-state index in [4.69, 9.17) is 10.5 Å². The van der Waals surface area contributed by atoms with Crippen LogP contribution in [0.25, 0.3) is 0 Å². The molecule has 2 atom stereocenters. The van der Waals surface area contributed by atoms with E-state index in [-0.39, 0.29) is 12.5 Å². The van der Waals surface area contributed by atoms with Gasteiger partial charge in [0.1, 0.15) is 5.82 Å². The molecule has 0 saturated carbocycles. The lowest BCUT2D eigenvalue weighted by atomic mass is 9.91. The summed E-state index contributed by atoms with van der Waals surface area (Å²) >= 11 is 0. The highest BCUT2D eigenvalue weighted by Crippen LogP contribution is 2.22. The Hall–Kier alpha value is -2.48. The molecule has 0 unspecified atom stereocenters. The summed E-state index contributed by atoms with van der Waals surface area (Å²) in [5.74, 6) is 0.266. The number of nitrogens with one attached hydrogen (secondary N) is 1. The molecule has 1 saturated heterocycles. The number of rotatable bonds is 5. The number of hydrogen-bond donors (Lipinski definition) is 3. The average Bonchev–Trinajstić information content (AvgIpc) is 2.73. The van der Waals surface area contributed by atoms with E-state index in [9.17, 15) is 9.90 Å². The zero-order valence-electron chi connectivity index (χ0n) is 15.8. The summed E-state index contributed by atoms with van der Waals surface area (Å²) in [7, 11) is 0. The van der Waals surface area contributed by atoms with E-state index < -0.39 is 12.0 Å². The van der Waals surface area contributed by atoms with Crippen LogP contribution >= 0.6 is 0 Å². The van der Waals surface area contributed by atoms with Crippen LogP contribution in [0.1, 0.15) is 27.2 Å². The fourth-order valence-corrected chi connectivity index (χ4v) is 3.93. The lowest BCUT2D eigenvalue weighted by Gasteiger charge is -2.31.